The molecular formula is C12H16N4O3S. The maximum atomic E-state index is 11.8. The Labute approximate surface area is 117 Å². The maximum absolute atomic E-state index is 11.8. The lowest BCUT2D eigenvalue weighted by molar-refractivity contribution is 0.0953. The minimum atomic E-state index is -3.32. The molecule has 0 bridgehead atoms. The van der Waals surface area contributed by atoms with Crippen LogP contribution < -0.4 is 5.32 Å². The topological polar surface area (TPSA) is 112 Å². The molecule has 0 aromatic heterocycles. The van der Waals surface area contributed by atoms with Crippen LogP contribution >= 0.6 is 0 Å². The van der Waals surface area contributed by atoms with Crippen molar-refractivity contribution in [3.63, 3.8) is 0 Å². The Morgan fingerprint density at radius 1 is 1.40 bits per heavy atom. The summed E-state index contributed by atoms with van der Waals surface area (Å²) in [6.07, 6.45) is 2.48. The minimum absolute atomic E-state index is 0.119. The van der Waals surface area contributed by atoms with Gasteiger partial charge in [0, 0.05) is 29.8 Å². The third-order valence-electron chi connectivity index (χ3n) is 2.56. The van der Waals surface area contributed by atoms with E-state index in [-0.39, 0.29) is 10.8 Å². The van der Waals surface area contributed by atoms with Crippen molar-refractivity contribution in [3.8, 4) is 0 Å². The van der Waals surface area contributed by atoms with Crippen LogP contribution in [0.4, 0.5) is 0 Å². The number of nitrogens with one attached hydrogen (secondary N) is 1. The van der Waals surface area contributed by atoms with Gasteiger partial charge in [0.05, 0.1) is 4.90 Å². The predicted molar refractivity (Wildman–Crippen MR) is 75.1 cm³/mol. The normalized spacial score (nSPS) is 10.7. The highest BCUT2D eigenvalue weighted by atomic mass is 32.2. The summed E-state index contributed by atoms with van der Waals surface area (Å²) < 4.78 is 22.8. The number of carbonyl (C=O) groups is 1. The van der Waals surface area contributed by atoms with Gasteiger partial charge in [0.25, 0.3) is 5.91 Å². The van der Waals surface area contributed by atoms with Crippen LogP contribution in [-0.4, -0.2) is 33.7 Å². The van der Waals surface area contributed by atoms with Gasteiger partial charge in [-0.2, -0.15) is 0 Å². The number of sulfone groups is 1. The average molecular weight is 296 g/mol. The second-order valence-electron chi connectivity index (χ2n) is 4.22. The molecule has 1 amide bonds. The molecule has 0 aliphatic rings. The Bertz CT molecular complexity index is 621. The summed E-state index contributed by atoms with van der Waals surface area (Å²) in [5, 5.41) is 6.07. The summed E-state index contributed by atoms with van der Waals surface area (Å²) in [7, 11) is -3.32. The van der Waals surface area contributed by atoms with Crippen LogP contribution in [0.25, 0.3) is 10.4 Å². The summed E-state index contributed by atoms with van der Waals surface area (Å²) in [6.45, 7) is 0.846. The molecule has 0 saturated heterocycles. The number of unbranched alkanes of at least 4 members (excludes halogenated alkanes) is 1. The molecule has 0 fully saturated rings. The lowest BCUT2D eigenvalue weighted by atomic mass is 10.2. The standard InChI is InChI=1S/C12H16N4O3S/c1-20(18,19)11-6-4-5-10(9-11)12(17)14-7-2-3-8-15-16-13/h4-6,9H,2-3,7-8H2,1H3,(H,14,17). The molecule has 0 unspecified atom stereocenters. The number of rotatable bonds is 7. The van der Waals surface area contributed by atoms with Crippen molar-refractivity contribution in [2.24, 2.45) is 5.11 Å². The smallest absolute Gasteiger partial charge is 0.251 e. The second kappa shape index (κ2) is 7.52. The Kier molecular flexibility index (Phi) is 6.02. The second-order valence-corrected chi connectivity index (χ2v) is 6.23. The molecule has 1 N–H and O–H groups in total. The zero-order chi connectivity index (χ0) is 15.0. The highest BCUT2D eigenvalue weighted by molar-refractivity contribution is 7.90. The van der Waals surface area contributed by atoms with Crippen LogP contribution in [0.1, 0.15) is 23.2 Å². The van der Waals surface area contributed by atoms with E-state index in [4.69, 9.17) is 5.53 Å². The first-order valence-corrected chi connectivity index (χ1v) is 7.93. The van der Waals surface area contributed by atoms with E-state index in [2.05, 4.69) is 15.3 Å². The first-order chi connectivity index (χ1) is 9.45. The van der Waals surface area contributed by atoms with Gasteiger partial charge in [-0.15, -0.1) is 0 Å². The number of hydrogen-bond donors (Lipinski definition) is 1. The van der Waals surface area contributed by atoms with Gasteiger partial charge in [-0.1, -0.05) is 11.2 Å². The minimum Gasteiger partial charge on any atom is -0.352 e. The van der Waals surface area contributed by atoms with E-state index in [0.29, 0.717) is 31.5 Å². The Hall–Kier alpha value is -2.05. The molecule has 0 saturated carbocycles. The van der Waals surface area contributed by atoms with Gasteiger partial charge in [-0.05, 0) is 36.6 Å². The molecule has 108 valence electrons. The van der Waals surface area contributed by atoms with E-state index < -0.39 is 9.84 Å². The molecule has 8 heteroatoms. The van der Waals surface area contributed by atoms with E-state index in [1.54, 1.807) is 6.07 Å². The summed E-state index contributed by atoms with van der Waals surface area (Å²) in [4.78, 5) is 14.6. The lowest BCUT2D eigenvalue weighted by Crippen LogP contribution is -2.24. The SMILES string of the molecule is CS(=O)(=O)c1cccc(C(=O)NCCCCN=[N+]=[N-])c1. The quantitative estimate of drug-likeness (QED) is 0.359. The fourth-order valence-electron chi connectivity index (χ4n) is 1.52. The number of benzene rings is 1. The summed E-state index contributed by atoms with van der Waals surface area (Å²) >= 11 is 0. The zero-order valence-electron chi connectivity index (χ0n) is 11.1. The van der Waals surface area contributed by atoms with E-state index in [9.17, 15) is 13.2 Å². The van der Waals surface area contributed by atoms with Crippen molar-refractivity contribution in [2.75, 3.05) is 19.3 Å². The van der Waals surface area contributed by atoms with Crippen LogP contribution in [0.5, 0.6) is 0 Å². The van der Waals surface area contributed by atoms with Gasteiger partial charge in [0.1, 0.15) is 0 Å². The molecule has 1 aromatic rings. The predicted octanol–water partition coefficient (Wildman–Crippen LogP) is 1.91. The molecule has 1 rings (SSSR count). The largest absolute Gasteiger partial charge is 0.352 e. The van der Waals surface area contributed by atoms with E-state index in [0.717, 1.165) is 6.26 Å². The molecule has 0 atom stereocenters. The number of amides is 1. The molecule has 0 spiro atoms. The lowest BCUT2D eigenvalue weighted by Gasteiger charge is -2.06. The monoisotopic (exact) mass is 296 g/mol. The molecule has 0 aliphatic heterocycles. The van der Waals surface area contributed by atoms with Gasteiger partial charge in [0.2, 0.25) is 0 Å². The Morgan fingerprint density at radius 2 is 2.15 bits per heavy atom. The van der Waals surface area contributed by atoms with Crippen LogP contribution in [0.3, 0.4) is 0 Å². The van der Waals surface area contributed by atoms with Gasteiger partial charge in [-0.3, -0.25) is 4.79 Å². The van der Waals surface area contributed by atoms with E-state index >= 15 is 0 Å². The zero-order valence-corrected chi connectivity index (χ0v) is 11.9. The molecule has 0 radical (unpaired) electrons. The fraction of sp³-hybridized carbons (Fsp3) is 0.417. The maximum Gasteiger partial charge on any atom is 0.251 e. The fourth-order valence-corrected chi connectivity index (χ4v) is 2.19. The Balaban J connectivity index is 2.54. The molecule has 20 heavy (non-hydrogen) atoms. The van der Waals surface area contributed by atoms with Crippen LogP contribution in [0.15, 0.2) is 34.3 Å². The number of nitrogens with zero attached hydrogens (tertiary/aromatic N) is 3. The average Bonchev–Trinajstić information content (AvgIpc) is 2.41. The van der Waals surface area contributed by atoms with Gasteiger partial charge in [0.15, 0.2) is 9.84 Å². The van der Waals surface area contributed by atoms with Crippen molar-refractivity contribution in [2.45, 2.75) is 17.7 Å². The highest BCUT2D eigenvalue weighted by Gasteiger charge is 2.10. The van der Waals surface area contributed by atoms with Crippen molar-refractivity contribution < 1.29 is 13.2 Å². The summed E-state index contributed by atoms with van der Waals surface area (Å²) in [5.74, 6) is -0.320. The third kappa shape index (κ3) is 5.29. The van der Waals surface area contributed by atoms with E-state index in [1.165, 1.54) is 18.2 Å². The van der Waals surface area contributed by atoms with Crippen molar-refractivity contribution in [3.05, 3.63) is 40.3 Å². The van der Waals surface area contributed by atoms with E-state index in [1.807, 2.05) is 0 Å². The summed E-state index contributed by atoms with van der Waals surface area (Å²) in [6, 6.07) is 5.90. The molecule has 0 heterocycles. The van der Waals surface area contributed by atoms with Crippen molar-refractivity contribution in [1.82, 2.24) is 5.32 Å². The first kappa shape index (κ1) is 16.0. The van der Waals surface area contributed by atoms with Gasteiger partial charge in [-0.25, -0.2) is 8.42 Å². The van der Waals surface area contributed by atoms with Crippen molar-refractivity contribution >= 4 is 15.7 Å². The third-order valence-corrected chi connectivity index (χ3v) is 3.67. The summed E-state index contributed by atoms with van der Waals surface area (Å²) in [5.41, 5.74) is 8.40. The van der Waals surface area contributed by atoms with Crippen LogP contribution in [0, 0.1) is 0 Å². The number of azide groups is 1. The number of carbonyl (C=O) groups excluding carboxylic acids is 1. The van der Waals surface area contributed by atoms with Crippen molar-refractivity contribution in [1.29, 1.82) is 0 Å². The van der Waals surface area contributed by atoms with Crippen LogP contribution in [0.2, 0.25) is 0 Å². The molecule has 7 nitrogen and oxygen atoms in total. The number of hydrogen-bond acceptors (Lipinski definition) is 4. The van der Waals surface area contributed by atoms with Gasteiger partial charge >= 0.3 is 0 Å². The van der Waals surface area contributed by atoms with Crippen LogP contribution in [-0.2, 0) is 9.84 Å². The molecular weight excluding hydrogens is 280 g/mol. The highest BCUT2D eigenvalue weighted by Crippen LogP contribution is 2.11. The first-order valence-electron chi connectivity index (χ1n) is 6.04. The molecule has 0 aliphatic carbocycles. The van der Waals surface area contributed by atoms with Gasteiger partial charge < -0.3 is 5.32 Å². The Morgan fingerprint density at radius 3 is 2.80 bits per heavy atom. The molecule has 1 aromatic carbocycles.